The van der Waals surface area contributed by atoms with Crippen LogP contribution in [0.15, 0.2) is 24.3 Å². The van der Waals surface area contributed by atoms with Gasteiger partial charge in [-0.15, -0.1) is 0 Å². The van der Waals surface area contributed by atoms with Crippen molar-refractivity contribution in [3.8, 4) is 0 Å². The molecule has 1 aromatic rings. The van der Waals surface area contributed by atoms with Crippen molar-refractivity contribution in [1.29, 1.82) is 0 Å². The molecule has 33 heavy (non-hydrogen) atoms. The number of likely N-dealkylation sites (tertiary alicyclic amines) is 1. The van der Waals surface area contributed by atoms with Crippen LogP contribution in [0.4, 0.5) is 13.2 Å². The number of carbonyl (C=O) groups is 1. The molecule has 2 unspecified atom stereocenters. The van der Waals surface area contributed by atoms with Crippen LogP contribution in [-0.2, 0) is 11.0 Å². The van der Waals surface area contributed by atoms with E-state index in [0.29, 0.717) is 11.8 Å². The third-order valence-electron chi connectivity index (χ3n) is 6.99. The van der Waals surface area contributed by atoms with Gasteiger partial charge in [0.05, 0.1) is 5.56 Å². The summed E-state index contributed by atoms with van der Waals surface area (Å²) in [5.41, 5.74) is 0.817. The number of carboxylic acids is 1. The van der Waals surface area contributed by atoms with Gasteiger partial charge in [0.2, 0.25) is 0 Å². The average Bonchev–Trinajstić information content (AvgIpc) is 2.66. The lowest BCUT2D eigenvalue weighted by Gasteiger charge is -2.40. The van der Waals surface area contributed by atoms with Crippen molar-refractivity contribution in [3.63, 3.8) is 0 Å². The Hall–Kier alpha value is -1.56. The van der Waals surface area contributed by atoms with Crippen LogP contribution in [0, 0.1) is 16.7 Å². The molecule has 1 aromatic carbocycles. The van der Waals surface area contributed by atoms with Crippen molar-refractivity contribution in [2.45, 2.75) is 98.2 Å². The summed E-state index contributed by atoms with van der Waals surface area (Å²) in [4.78, 5) is 13.6. The molecule has 1 aliphatic heterocycles. The maximum absolute atomic E-state index is 13.0. The standard InChI is InChI=1S/C27H42F3NO2/c1-25(2,3)13-6-14-26(4,5)15-7-16-31-17-12-20(19-24(32)33)18-23(31)21-8-10-22(11-9-21)27(28,29)30/h8-11,20,23H,6-7,12-19H2,1-5H3,(H,32,33). The number of nitrogens with zero attached hydrogens (tertiary/aromatic N) is 1. The van der Waals surface area contributed by atoms with Crippen LogP contribution in [0.3, 0.4) is 0 Å². The Labute approximate surface area is 197 Å². The Kier molecular flexibility index (Phi) is 9.43. The highest BCUT2D eigenvalue weighted by Gasteiger charge is 2.33. The molecule has 0 spiro atoms. The first kappa shape index (κ1) is 27.7. The zero-order valence-electron chi connectivity index (χ0n) is 21.0. The Bertz CT molecular complexity index is 750. The molecule has 0 aliphatic carbocycles. The van der Waals surface area contributed by atoms with Crippen LogP contribution >= 0.6 is 0 Å². The second-order valence-corrected chi connectivity index (χ2v) is 11.8. The normalized spacial score (nSPS) is 20.7. The van der Waals surface area contributed by atoms with Crippen molar-refractivity contribution < 1.29 is 23.1 Å². The van der Waals surface area contributed by atoms with E-state index >= 15 is 0 Å². The van der Waals surface area contributed by atoms with Gasteiger partial charge in [0.25, 0.3) is 0 Å². The fourth-order valence-electron chi connectivity index (χ4n) is 5.01. The summed E-state index contributed by atoms with van der Waals surface area (Å²) >= 11 is 0. The molecule has 0 aromatic heterocycles. The Balaban J connectivity index is 2.02. The largest absolute Gasteiger partial charge is 0.481 e. The number of halogens is 3. The molecule has 3 nitrogen and oxygen atoms in total. The Morgan fingerprint density at radius 3 is 2.15 bits per heavy atom. The summed E-state index contributed by atoms with van der Waals surface area (Å²) in [6, 6.07) is 5.40. The summed E-state index contributed by atoms with van der Waals surface area (Å²) < 4.78 is 39.0. The van der Waals surface area contributed by atoms with E-state index in [1.807, 2.05) is 0 Å². The smallest absolute Gasteiger partial charge is 0.416 e. The fourth-order valence-corrected chi connectivity index (χ4v) is 5.01. The van der Waals surface area contributed by atoms with Gasteiger partial charge >= 0.3 is 12.1 Å². The number of piperidine rings is 1. The van der Waals surface area contributed by atoms with Crippen molar-refractivity contribution in [3.05, 3.63) is 35.4 Å². The van der Waals surface area contributed by atoms with Gasteiger partial charge in [0.15, 0.2) is 0 Å². The van der Waals surface area contributed by atoms with Crippen LogP contribution in [0.1, 0.15) is 103 Å². The van der Waals surface area contributed by atoms with Gasteiger partial charge in [-0.05, 0) is 86.1 Å². The van der Waals surface area contributed by atoms with E-state index in [9.17, 15) is 23.1 Å². The molecule has 2 atom stereocenters. The molecule has 1 aliphatic rings. The SMILES string of the molecule is CC(C)(C)CCCC(C)(C)CCCN1CCC(CC(=O)O)CC1c1ccc(C(F)(F)F)cc1. The predicted octanol–water partition coefficient (Wildman–Crippen LogP) is 7.96. The summed E-state index contributed by atoms with van der Waals surface area (Å²) in [5.74, 6) is -0.753. The first-order chi connectivity index (χ1) is 15.2. The van der Waals surface area contributed by atoms with Gasteiger partial charge in [-0.25, -0.2) is 0 Å². The number of aliphatic carboxylic acids is 1. The summed E-state index contributed by atoms with van der Waals surface area (Å²) in [7, 11) is 0. The minimum atomic E-state index is -4.35. The molecule has 0 radical (unpaired) electrons. The molecule has 0 saturated carbocycles. The number of hydrogen-bond donors (Lipinski definition) is 1. The molecule has 1 saturated heterocycles. The molecule has 1 heterocycles. The van der Waals surface area contributed by atoms with Crippen molar-refractivity contribution in [2.75, 3.05) is 13.1 Å². The van der Waals surface area contributed by atoms with Gasteiger partial charge in [-0.3, -0.25) is 9.69 Å². The number of carboxylic acid groups (broad SMARTS) is 1. The van der Waals surface area contributed by atoms with Gasteiger partial charge in [-0.2, -0.15) is 13.2 Å². The highest BCUT2D eigenvalue weighted by atomic mass is 19.4. The third kappa shape index (κ3) is 9.68. The van der Waals surface area contributed by atoms with E-state index < -0.39 is 17.7 Å². The van der Waals surface area contributed by atoms with Gasteiger partial charge in [0, 0.05) is 12.5 Å². The topological polar surface area (TPSA) is 40.5 Å². The highest BCUT2D eigenvalue weighted by molar-refractivity contribution is 5.67. The van der Waals surface area contributed by atoms with Crippen LogP contribution in [-0.4, -0.2) is 29.1 Å². The zero-order chi connectivity index (χ0) is 24.9. The number of hydrogen-bond acceptors (Lipinski definition) is 2. The van der Waals surface area contributed by atoms with Crippen LogP contribution in [0.25, 0.3) is 0 Å². The first-order valence-corrected chi connectivity index (χ1v) is 12.3. The number of rotatable bonds is 10. The van der Waals surface area contributed by atoms with Gasteiger partial charge in [0.1, 0.15) is 0 Å². The minimum Gasteiger partial charge on any atom is -0.481 e. The van der Waals surface area contributed by atoms with E-state index in [0.717, 1.165) is 50.0 Å². The lowest BCUT2D eigenvalue weighted by atomic mass is 9.79. The summed E-state index contributed by atoms with van der Waals surface area (Å²) in [5, 5.41) is 9.23. The minimum absolute atomic E-state index is 0.0330. The highest BCUT2D eigenvalue weighted by Crippen LogP contribution is 2.38. The second-order valence-electron chi connectivity index (χ2n) is 11.8. The molecule has 0 bridgehead atoms. The fraction of sp³-hybridized carbons (Fsp3) is 0.741. The average molecular weight is 470 g/mol. The van der Waals surface area contributed by atoms with Crippen LogP contribution in [0.5, 0.6) is 0 Å². The lowest BCUT2D eigenvalue weighted by Crippen LogP contribution is -2.38. The van der Waals surface area contributed by atoms with E-state index in [1.165, 1.54) is 19.3 Å². The van der Waals surface area contributed by atoms with E-state index in [4.69, 9.17) is 0 Å². The zero-order valence-corrected chi connectivity index (χ0v) is 21.0. The quantitative estimate of drug-likeness (QED) is 0.378. The number of benzene rings is 1. The molecular formula is C27H42F3NO2. The third-order valence-corrected chi connectivity index (χ3v) is 6.99. The molecule has 2 rings (SSSR count). The van der Waals surface area contributed by atoms with Crippen LogP contribution in [0.2, 0.25) is 0 Å². The monoisotopic (exact) mass is 469 g/mol. The first-order valence-electron chi connectivity index (χ1n) is 12.3. The molecule has 0 amide bonds. The molecule has 6 heteroatoms. The molecule has 1 fully saturated rings. The summed E-state index contributed by atoms with van der Waals surface area (Å²) in [6.07, 6.45) is 3.00. The van der Waals surface area contributed by atoms with E-state index in [-0.39, 0.29) is 23.8 Å². The maximum atomic E-state index is 13.0. The number of alkyl halides is 3. The molecular weight excluding hydrogens is 427 g/mol. The Morgan fingerprint density at radius 1 is 1.00 bits per heavy atom. The van der Waals surface area contributed by atoms with Gasteiger partial charge in [-0.1, -0.05) is 53.2 Å². The lowest BCUT2D eigenvalue weighted by molar-refractivity contribution is -0.139. The van der Waals surface area contributed by atoms with Crippen LogP contribution < -0.4 is 0 Å². The van der Waals surface area contributed by atoms with Crippen molar-refractivity contribution in [2.24, 2.45) is 16.7 Å². The van der Waals surface area contributed by atoms with Crippen molar-refractivity contribution in [1.82, 2.24) is 4.90 Å². The maximum Gasteiger partial charge on any atom is 0.416 e. The van der Waals surface area contributed by atoms with E-state index in [2.05, 4.69) is 39.5 Å². The van der Waals surface area contributed by atoms with Gasteiger partial charge < -0.3 is 5.11 Å². The van der Waals surface area contributed by atoms with E-state index in [1.54, 1.807) is 12.1 Å². The second kappa shape index (κ2) is 11.2. The molecule has 188 valence electrons. The summed E-state index contributed by atoms with van der Waals surface area (Å²) in [6.45, 7) is 13.1. The molecule has 1 N–H and O–H groups in total. The Morgan fingerprint density at radius 2 is 1.61 bits per heavy atom. The predicted molar refractivity (Wildman–Crippen MR) is 127 cm³/mol. The van der Waals surface area contributed by atoms with Crippen molar-refractivity contribution >= 4 is 5.97 Å².